The van der Waals surface area contributed by atoms with Crippen molar-refractivity contribution >= 4 is 33.5 Å². The fraction of sp³-hybridized carbons (Fsp3) is 0.238. The van der Waals surface area contributed by atoms with Gasteiger partial charge in [0, 0.05) is 0 Å². The van der Waals surface area contributed by atoms with Crippen molar-refractivity contribution in [3.63, 3.8) is 0 Å². The number of nitriles is 1. The number of carbonyl (C=O) groups is 1. The van der Waals surface area contributed by atoms with E-state index >= 15 is 0 Å². The quantitative estimate of drug-likeness (QED) is 0.450. The number of allylic oxidation sites excluding steroid dienone is 1. The fourth-order valence-electron chi connectivity index (χ4n) is 2.57. The van der Waals surface area contributed by atoms with Gasteiger partial charge in [0.1, 0.15) is 0 Å². The summed E-state index contributed by atoms with van der Waals surface area (Å²) >= 11 is 3.42. The van der Waals surface area contributed by atoms with Gasteiger partial charge in [0.2, 0.25) is 0 Å². The van der Waals surface area contributed by atoms with E-state index in [4.69, 9.17) is 24.7 Å². The minimum atomic E-state index is -0.594. The predicted octanol–water partition coefficient (Wildman–Crippen LogP) is 3.79. The summed E-state index contributed by atoms with van der Waals surface area (Å²) < 4.78 is 22.2. The Kier molecular flexibility index (Phi) is 7.92. The van der Waals surface area contributed by atoms with E-state index in [9.17, 15) is 10.1 Å². The van der Waals surface area contributed by atoms with E-state index in [1.165, 1.54) is 7.11 Å². The van der Waals surface area contributed by atoms with E-state index in [2.05, 4.69) is 22.0 Å². The third-order valence-corrected chi connectivity index (χ3v) is 4.41. The summed E-state index contributed by atoms with van der Waals surface area (Å²) in [4.78, 5) is 11.0. The number of amides is 1. The normalized spacial score (nSPS) is 10.8. The number of primary amides is 1. The maximum absolute atomic E-state index is 11.0. The van der Waals surface area contributed by atoms with Crippen molar-refractivity contribution in [3.05, 3.63) is 45.9 Å². The lowest BCUT2D eigenvalue weighted by Crippen LogP contribution is -2.20. The maximum Gasteiger partial charge on any atom is 0.255 e. The molecule has 0 spiro atoms. The Morgan fingerprint density at radius 1 is 1.14 bits per heavy atom. The van der Waals surface area contributed by atoms with Gasteiger partial charge in [0.15, 0.2) is 29.6 Å². The summed E-state index contributed by atoms with van der Waals surface area (Å²) in [5.74, 6) is 1.30. The largest absolute Gasteiger partial charge is 0.493 e. The minimum absolute atomic E-state index is 0.275. The second-order valence-electron chi connectivity index (χ2n) is 5.76. The molecule has 0 fully saturated rings. The van der Waals surface area contributed by atoms with Crippen molar-refractivity contribution in [1.82, 2.24) is 0 Å². The van der Waals surface area contributed by atoms with Gasteiger partial charge in [-0.2, -0.15) is 5.26 Å². The number of nitrogens with two attached hydrogens (primary N) is 1. The van der Waals surface area contributed by atoms with Crippen LogP contribution in [0.2, 0.25) is 0 Å². The van der Waals surface area contributed by atoms with Gasteiger partial charge in [-0.25, -0.2) is 0 Å². The maximum atomic E-state index is 11.0. The SMILES string of the molecule is CCOc1cc(/C=C(\C#N)c2ccc(OC)c(OC)c2)cc(Br)c1OCC(N)=O. The molecule has 2 aromatic rings. The number of methoxy groups -OCH3 is 2. The highest BCUT2D eigenvalue weighted by Crippen LogP contribution is 2.38. The topological polar surface area (TPSA) is 104 Å². The molecule has 2 N–H and O–H groups in total. The van der Waals surface area contributed by atoms with Crippen molar-refractivity contribution in [2.45, 2.75) is 6.92 Å². The summed E-state index contributed by atoms with van der Waals surface area (Å²) in [5.41, 5.74) is 6.96. The van der Waals surface area contributed by atoms with Gasteiger partial charge in [-0.15, -0.1) is 0 Å². The molecule has 2 rings (SSSR count). The molecule has 29 heavy (non-hydrogen) atoms. The van der Waals surface area contributed by atoms with E-state index in [1.54, 1.807) is 43.5 Å². The Morgan fingerprint density at radius 2 is 1.86 bits per heavy atom. The van der Waals surface area contributed by atoms with E-state index in [1.807, 2.05) is 6.92 Å². The second-order valence-corrected chi connectivity index (χ2v) is 6.61. The zero-order valence-electron chi connectivity index (χ0n) is 16.3. The highest BCUT2D eigenvalue weighted by molar-refractivity contribution is 9.10. The van der Waals surface area contributed by atoms with Crippen LogP contribution in [0.4, 0.5) is 0 Å². The molecule has 0 aliphatic rings. The van der Waals surface area contributed by atoms with Crippen LogP contribution in [0, 0.1) is 11.3 Å². The van der Waals surface area contributed by atoms with Crippen molar-refractivity contribution in [1.29, 1.82) is 5.26 Å². The molecular weight excluding hydrogens is 440 g/mol. The standard InChI is InChI=1S/C21H21BrN2O5/c1-4-28-19-9-13(8-16(22)21(19)29-12-20(24)25)7-15(11-23)14-5-6-17(26-2)18(10-14)27-3/h5-10H,4,12H2,1-3H3,(H2,24,25)/b15-7+. The molecule has 0 unspecified atom stereocenters. The third-order valence-electron chi connectivity index (χ3n) is 3.82. The number of benzene rings is 2. The lowest BCUT2D eigenvalue weighted by Gasteiger charge is -2.14. The summed E-state index contributed by atoms with van der Waals surface area (Å²) in [6.07, 6.45) is 1.71. The molecule has 0 saturated carbocycles. The van der Waals surface area contributed by atoms with Crippen LogP contribution in [0.15, 0.2) is 34.8 Å². The Balaban J connectivity index is 2.48. The summed E-state index contributed by atoms with van der Waals surface area (Å²) in [6, 6.07) is 10.9. The van der Waals surface area contributed by atoms with Crippen molar-refractivity contribution < 1.29 is 23.7 Å². The zero-order chi connectivity index (χ0) is 21.4. The molecule has 0 bridgehead atoms. The number of ether oxygens (including phenoxy) is 4. The molecular formula is C21H21BrN2O5. The Labute approximate surface area is 177 Å². The average molecular weight is 461 g/mol. The van der Waals surface area contributed by atoms with Gasteiger partial charge in [-0.3, -0.25) is 4.79 Å². The summed E-state index contributed by atoms with van der Waals surface area (Å²) in [6.45, 7) is 1.95. The van der Waals surface area contributed by atoms with Gasteiger partial charge < -0.3 is 24.7 Å². The number of hydrogen-bond acceptors (Lipinski definition) is 6. The van der Waals surface area contributed by atoms with E-state index in [0.717, 1.165) is 0 Å². The van der Waals surface area contributed by atoms with Gasteiger partial charge >= 0.3 is 0 Å². The molecule has 0 aliphatic carbocycles. The molecule has 1 amide bonds. The van der Waals surface area contributed by atoms with Crippen LogP contribution in [0.25, 0.3) is 11.6 Å². The number of hydrogen-bond donors (Lipinski definition) is 1. The minimum Gasteiger partial charge on any atom is -0.493 e. The Hall–Kier alpha value is -3.18. The second kappa shape index (κ2) is 10.4. The van der Waals surface area contributed by atoms with Crippen LogP contribution < -0.4 is 24.7 Å². The fourth-order valence-corrected chi connectivity index (χ4v) is 3.14. The van der Waals surface area contributed by atoms with Crippen LogP contribution >= 0.6 is 15.9 Å². The summed E-state index contributed by atoms with van der Waals surface area (Å²) in [7, 11) is 3.08. The molecule has 0 aliphatic heterocycles. The lowest BCUT2D eigenvalue weighted by molar-refractivity contribution is -0.119. The van der Waals surface area contributed by atoms with Gasteiger partial charge in [0.05, 0.1) is 36.9 Å². The number of rotatable bonds is 9. The first kappa shape index (κ1) is 22.1. The molecule has 0 atom stereocenters. The number of halogens is 1. The van der Waals surface area contributed by atoms with Crippen LogP contribution in [-0.2, 0) is 4.79 Å². The first-order valence-electron chi connectivity index (χ1n) is 8.65. The van der Waals surface area contributed by atoms with E-state index < -0.39 is 5.91 Å². The van der Waals surface area contributed by atoms with Crippen molar-refractivity contribution in [3.8, 4) is 29.1 Å². The van der Waals surface area contributed by atoms with Gasteiger partial charge in [-0.05, 0) is 70.4 Å². The summed E-state index contributed by atoms with van der Waals surface area (Å²) in [5, 5.41) is 9.66. The predicted molar refractivity (Wildman–Crippen MR) is 113 cm³/mol. The van der Waals surface area contributed by atoms with E-state index in [0.29, 0.717) is 50.8 Å². The average Bonchev–Trinajstić information content (AvgIpc) is 2.70. The van der Waals surface area contributed by atoms with Gasteiger partial charge in [-0.1, -0.05) is 0 Å². The number of carbonyl (C=O) groups excluding carboxylic acids is 1. The molecule has 7 nitrogen and oxygen atoms in total. The zero-order valence-corrected chi connectivity index (χ0v) is 17.9. The molecule has 0 saturated heterocycles. The highest BCUT2D eigenvalue weighted by atomic mass is 79.9. The van der Waals surface area contributed by atoms with Crippen LogP contribution in [0.3, 0.4) is 0 Å². The lowest BCUT2D eigenvalue weighted by atomic mass is 10.0. The monoisotopic (exact) mass is 460 g/mol. The molecule has 0 heterocycles. The van der Waals surface area contributed by atoms with Crippen molar-refractivity contribution in [2.75, 3.05) is 27.4 Å². The smallest absolute Gasteiger partial charge is 0.255 e. The van der Waals surface area contributed by atoms with E-state index in [-0.39, 0.29) is 6.61 Å². The molecule has 0 radical (unpaired) electrons. The Bertz CT molecular complexity index is 966. The molecule has 152 valence electrons. The van der Waals surface area contributed by atoms with Crippen LogP contribution in [0.1, 0.15) is 18.1 Å². The van der Waals surface area contributed by atoms with Gasteiger partial charge in [0.25, 0.3) is 5.91 Å². The highest BCUT2D eigenvalue weighted by Gasteiger charge is 2.14. The van der Waals surface area contributed by atoms with Crippen molar-refractivity contribution in [2.24, 2.45) is 5.73 Å². The molecule has 8 heteroatoms. The molecule has 2 aromatic carbocycles. The number of nitrogens with zero attached hydrogens (tertiary/aromatic N) is 1. The Morgan fingerprint density at radius 3 is 2.45 bits per heavy atom. The first-order valence-corrected chi connectivity index (χ1v) is 9.44. The molecule has 0 aromatic heterocycles. The van der Waals surface area contributed by atoms with Crippen LogP contribution in [-0.4, -0.2) is 33.3 Å². The van der Waals surface area contributed by atoms with Crippen LogP contribution in [0.5, 0.6) is 23.0 Å². The third kappa shape index (κ3) is 5.65. The first-order chi connectivity index (χ1) is 13.9.